The van der Waals surface area contributed by atoms with E-state index in [4.69, 9.17) is 28.3 Å². The summed E-state index contributed by atoms with van der Waals surface area (Å²) in [7, 11) is -4.46. The van der Waals surface area contributed by atoms with Gasteiger partial charge in [0.05, 0.1) is 50.6 Å². The fraction of sp³-hybridized carbons (Fsp3) is 0.675. The zero-order chi connectivity index (χ0) is 48.7. The molecule has 10 atom stereocenters. The molecular weight excluding hydrogens is 902 g/mol. The third-order valence-corrected chi connectivity index (χ3v) is 13.6. The molecule has 0 bridgehead atoms. The number of amides is 2. The van der Waals surface area contributed by atoms with Crippen molar-refractivity contribution in [2.75, 3.05) is 23.8 Å². The number of nitriles is 1. The van der Waals surface area contributed by atoms with Crippen LogP contribution in [0.1, 0.15) is 101 Å². The Balaban J connectivity index is 0.000000259. The molecule has 6 N–H and O–H groups in total. The summed E-state index contributed by atoms with van der Waals surface area (Å²) in [6.45, 7) is 21.0. The van der Waals surface area contributed by atoms with E-state index in [1.54, 1.807) is 39.2 Å². The first kappa shape index (κ1) is 52.3. The lowest BCUT2D eigenvalue weighted by atomic mass is 9.99. The molecule has 4 aromatic rings. The minimum atomic E-state index is -2.93. The van der Waals surface area contributed by atoms with E-state index in [1.807, 2.05) is 0 Å². The highest BCUT2D eigenvalue weighted by molar-refractivity contribution is 7.44. The van der Waals surface area contributed by atoms with Crippen molar-refractivity contribution in [1.29, 1.82) is 5.26 Å². The van der Waals surface area contributed by atoms with Crippen molar-refractivity contribution >= 4 is 62.8 Å². The minimum Gasteiger partial charge on any atom is -0.394 e. The molecule has 2 fully saturated rings. The lowest BCUT2D eigenvalue weighted by Gasteiger charge is -2.38. The van der Waals surface area contributed by atoms with Crippen LogP contribution in [0.15, 0.2) is 22.2 Å². The number of hydrogen-bond acceptors (Lipinski definition) is 17. The number of aliphatic hydroxyl groups excluding tert-OH is 1. The summed E-state index contributed by atoms with van der Waals surface area (Å²) >= 11 is 0. The average molecular weight is 964 g/mol. The minimum absolute atomic E-state index is 0.00150. The van der Waals surface area contributed by atoms with Crippen molar-refractivity contribution in [3.05, 3.63) is 33.4 Å². The van der Waals surface area contributed by atoms with Crippen LogP contribution >= 0.6 is 16.8 Å². The molecule has 2 aliphatic rings. The third kappa shape index (κ3) is 11.9. The molecule has 2 amide bonds. The SMILES string of the molecule is CC(C)C(=O)Nc1nc2c(ncn2[C@@H]2O[C@H](CO)[C@@H](C)[C@H]2O[P+](=O)O)c(=O)[nH]1.CC[C@H]1O[C@@H](n2cnc3c(=O)[nH]c(NC(=O)C(C)C)nc32)[C@H](OP(OCCC#N)N(C(C)C)C(C)C)[C@@H]1C. The molecule has 26 heteroatoms. The first-order valence-corrected chi connectivity index (χ1v) is 24.0. The molecule has 0 saturated carbocycles. The van der Waals surface area contributed by atoms with Crippen LogP contribution in [0.3, 0.4) is 0 Å². The average Bonchev–Trinajstić information content (AvgIpc) is 4.01. The van der Waals surface area contributed by atoms with Crippen LogP contribution < -0.4 is 21.8 Å². The number of rotatable bonds is 18. The van der Waals surface area contributed by atoms with Crippen molar-refractivity contribution in [3.63, 3.8) is 0 Å². The molecule has 6 heterocycles. The summed E-state index contributed by atoms with van der Waals surface area (Å²) in [6.07, 6.45) is 0.162. The van der Waals surface area contributed by atoms with Gasteiger partial charge in [-0.25, -0.2) is 14.6 Å². The molecule has 24 nitrogen and oxygen atoms in total. The second-order valence-electron chi connectivity index (χ2n) is 17.1. The number of nitrogens with one attached hydrogen (secondary N) is 4. The van der Waals surface area contributed by atoms with E-state index in [0.29, 0.717) is 0 Å². The Morgan fingerprint density at radius 3 is 1.77 bits per heavy atom. The van der Waals surface area contributed by atoms with Crippen molar-refractivity contribution in [1.82, 2.24) is 43.7 Å². The lowest BCUT2D eigenvalue weighted by molar-refractivity contribution is -0.119. The molecule has 2 saturated heterocycles. The van der Waals surface area contributed by atoms with Crippen LogP contribution in [0.25, 0.3) is 22.3 Å². The number of carbonyl (C=O) groups excluding carboxylic acids is 2. The molecule has 2 aliphatic heterocycles. The molecule has 362 valence electrons. The zero-order valence-corrected chi connectivity index (χ0v) is 40.6. The van der Waals surface area contributed by atoms with E-state index in [0.717, 1.165) is 6.42 Å². The maximum Gasteiger partial charge on any atom is 0.695 e. The highest BCUT2D eigenvalue weighted by atomic mass is 31.2. The first-order valence-electron chi connectivity index (χ1n) is 21.8. The first-order chi connectivity index (χ1) is 31.2. The van der Waals surface area contributed by atoms with Gasteiger partial charge in [0.25, 0.3) is 19.6 Å². The van der Waals surface area contributed by atoms with Gasteiger partial charge in [0.15, 0.2) is 40.9 Å². The Kier molecular flexibility index (Phi) is 18.1. The number of fused-ring (bicyclic) bond motifs is 2. The Morgan fingerprint density at radius 2 is 1.35 bits per heavy atom. The number of carbonyl (C=O) groups is 2. The second-order valence-corrected chi connectivity index (χ2v) is 19.2. The van der Waals surface area contributed by atoms with Crippen LogP contribution in [0.5, 0.6) is 0 Å². The van der Waals surface area contributed by atoms with Gasteiger partial charge in [0.1, 0.15) is 6.10 Å². The van der Waals surface area contributed by atoms with Gasteiger partial charge < -0.3 is 23.6 Å². The Bertz CT molecular complexity index is 2480. The maximum atomic E-state index is 12.8. The van der Waals surface area contributed by atoms with Gasteiger partial charge in [0, 0.05) is 40.3 Å². The summed E-state index contributed by atoms with van der Waals surface area (Å²) in [5, 5.41) is 23.7. The van der Waals surface area contributed by atoms with Crippen LogP contribution in [-0.2, 0) is 37.2 Å². The number of nitrogens with zero attached hydrogens (tertiary/aromatic N) is 8. The van der Waals surface area contributed by atoms with E-state index in [2.05, 4.69) is 92.8 Å². The van der Waals surface area contributed by atoms with E-state index in [1.165, 1.54) is 17.2 Å². The van der Waals surface area contributed by atoms with Crippen LogP contribution in [-0.4, -0.2) is 115 Å². The number of aromatic nitrogens is 8. The normalized spacial score (nSPS) is 23.8. The lowest BCUT2D eigenvalue weighted by Crippen LogP contribution is -2.36. The van der Waals surface area contributed by atoms with E-state index in [9.17, 15) is 33.7 Å². The molecule has 6 rings (SSSR count). The standard InChI is InChI=1S/C25H40N7O5P.C15H20N5O7P/c1-9-18-17(8)20(37-38(35-12-10-11-26)32(15(4)5)16(6)7)24(36-18)31-13-27-19-21(31)28-25(30-23(19)34)29-22(33)14(2)3;1-6(2)12(22)18-15-17-11-9(13(23)19-15)16-5-20(11)14-10(27-28(24)25)7(3)8(4-21)26-14/h13-18,20,24H,9-10,12H2,1-8H3,(H2,28,29,30,33,34);5-8,10,14,21H,4H2,1-3H3,(H2-,17,18,19,22,23,24,25)/p+1/t17-,18-,20-,24-,38?;7-,8-,10-,14-/m11/s1. The number of hydrogen-bond donors (Lipinski definition) is 6. The Hall–Kier alpha value is -4.66. The van der Waals surface area contributed by atoms with Crippen molar-refractivity contribution in [3.8, 4) is 6.07 Å². The molecule has 4 aromatic heterocycles. The second kappa shape index (κ2) is 22.9. The van der Waals surface area contributed by atoms with Gasteiger partial charge in [-0.05, 0) is 34.1 Å². The Morgan fingerprint density at radius 1 is 0.879 bits per heavy atom. The van der Waals surface area contributed by atoms with Gasteiger partial charge in [-0.2, -0.15) is 15.2 Å². The summed E-state index contributed by atoms with van der Waals surface area (Å²) < 4.78 is 46.7. The fourth-order valence-electron chi connectivity index (χ4n) is 7.49. The smallest absolute Gasteiger partial charge is 0.394 e. The fourth-order valence-corrected chi connectivity index (χ4v) is 9.81. The van der Waals surface area contributed by atoms with Gasteiger partial charge in [-0.3, -0.25) is 48.9 Å². The number of ether oxygens (including phenoxy) is 2. The molecular formula is C40H61N12O12P2+. The topological polar surface area (TPSA) is 316 Å². The molecule has 66 heavy (non-hydrogen) atoms. The molecule has 0 aliphatic carbocycles. The summed E-state index contributed by atoms with van der Waals surface area (Å²) in [5.74, 6) is -1.64. The van der Waals surface area contributed by atoms with Crippen molar-refractivity contribution < 1.29 is 47.2 Å². The zero-order valence-electron chi connectivity index (χ0n) is 38.9. The number of anilines is 2. The monoisotopic (exact) mass is 963 g/mol. The molecule has 0 aromatic carbocycles. The number of imidazole rings is 2. The largest absolute Gasteiger partial charge is 0.695 e. The summed E-state index contributed by atoms with van der Waals surface area (Å²) in [4.78, 5) is 80.5. The quantitative estimate of drug-likeness (QED) is 0.0586. The van der Waals surface area contributed by atoms with Crippen LogP contribution in [0, 0.1) is 35.0 Å². The van der Waals surface area contributed by atoms with Gasteiger partial charge in [-0.15, -0.1) is 9.42 Å². The molecule has 2 unspecified atom stereocenters. The van der Waals surface area contributed by atoms with Crippen LogP contribution in [0.2, 0.25) is 0 Å². The van der Waals surface area contributed by atoms with Gasteiger partial charge >= 0.3 is 8.25 Å². The highest BCUT2D eigenvalue weighted by Crippen LogP contribution is 2.52. The van der Waals surface area contributed by atoms with Gasteiger partial charge in [-0.1, -0.05) is 48.5 Å². The summed E-state index contributed by atoms with van der Waals surface area (Å²) in [6, 6.07) is 2.41. The predicted molar refractivity (Wildman–Crippen MR) is 242 cm³/mol. The highest BCUT2D eigenvalue weighted by Gasteiger charge is 2.49. The number of H-pyrrole nitrogens is 2. The third-order valence-electron chi connectivity index (χ3n) is 11.0. The number of aromatic amines is 2. The van der Waals surface area contributed by atoms with Crippen molar-refractivity contribution in [2.45, 2.75) is 138 Å². The predicted octanol–water partition coefficient (Wildman–Crippen LogP) is 4.59. The Labute approximate surface area is 383 Å². The molecule has 0 spiro atoms. The summed E-state index contributed by atoms with van der Waals surface area (Å²) in [5.41, 5.74) is -0.510. The van der Waals surface area contributed by atoms with Crippen LogP contribution in [0.4, 0.5) is 11.9 Å². The van der Waals surface area contributed by atoms with E-state index in [-0.39, 0.29) is 102 Å². The number of aliphatic hydroxyl groups is 1. The molecule has 0 radical (unpaired) electrons. The van der Waals surface area contributed by atoms with Gasteiger partial charge in [0.2, 0.25) is 23.7 Å². The van der Waals surface area contributed by atoms with Crippen molar-refractivity contribution in [2.24, 2.45) is 23.7 Å². The maximum absolute atomic E-state index is 12.8. The van der Waals surface area contributed by atoms with E-state index < -0.39 is 64.6 Å². The van der Waals surface area contributed by atoms with E-state index >= 15 is 0 Å².